The molecular formula is C10H7ClF2N2OS. The number of aryl methyl sites for hydroxylation is 1. The van der Waals surface area contributed by atoms with Crippen LogP contribution in [0.4, 0.5) is 8.78 Å². The summed E-state index contributed by atoms with van der Waals surface area (Å²) in [6.45, 7) is 1.46. The van der Waals surface area contributed by atoms with Crippen LogP contribution in [0.5, 0.6) is 0 Å². The Labute approximate surface area is 105 Å². The molecule has 0 radical (unpaired) electrons. The zero-order chi connectivity index (χ0) is 12.5. The van der Waals surface area contributed by atoms with Crippen molar-refractivity contribution in [2.24, 2.45) is 0 Å². The van der Waals surface area contributed by atoms with E-state index < -0.39 is 11.1 Å². The highest BCUT2D eigenvalue weighted by Crippen LogP contribution is 2.43. The van der Waals surface area contributed by atoms with Crippen LogP contribution in [0.3, 0.4) is 0 Å². The molecular weight excluding hydrogens is 270 g/mol. The Morgan fingerprint density at radius 1 is 1.24 bits per heavy atom. The van der Waals surface area contributed by atoms with Crippen LogP contribution in [0.25, 0.3) is 0 Å². The molecule has 0 fully saturated rings. The minimum Gasteiger partial charge on any atom is -0.419 e. The van der Waals surface area contributed by atoms with Crippen LogP contribution in [0.1, 0.15) is 11.8 Å². The van der Waals surface area contributed by atoms with Gasteiger partial charge in [-0.1, -0.05) is 11.6 Å². The molecule has 0 atom stereocenters. The summed E-state index contributed by atoms with van der Waals surface area (Å²) in [5.41, 5.74) is 0. The van der Waals surface area contributed by atoms with E-state index in [2.05, 4.69) is 10.2 Å². The normalized spacial score (nSPS) is 11.8. The summed E-state index contributed by atoms with van der Waals surface area (Å²) in [6, 6.07) is 6.09. The Morgan fingerprint density at radius 2 is 1.88 bits per heavy atom. The zero-order valence-corrected chi connectivity index (χ0v) is 10.2. The first kappa shape index (κ1) is 12.3. The molecule has 1 aromatic heterocycles. The topological polar surface area (TPSA) is 38.9 Å². The van der Waals surface area contributed by atoms with Crippen molar-refractivity contribution >= 4 is 23.4 Å². The van der Waals surface area contributed by atoms with Crippen molar-refractivity contribution in [2.75, 3.05) is 0 Å². The molecule has 0 aliphatic rings. The standard InChI is InChI=1S/C10H7ClF2N2OS/c1-6-14-15-9(16-6)10(12,13)17-8-4-2-7(11)3-5-8/h2-5H,1H3. The van der Waals surface area contributed by atoms with Gasteiger partial charge in [-0.2, -0.15) is 8.78 Å². The number of halogens is 3. The van der Waals surface area contributed by atoms with Gasteiger partial charge in [-0.05, 0) is 36.0 Å². The molecule has 3 nitrogen and oxygen atoms in total. The fraction of sp³-hybridized carbons (Fsp3) is 0.200. The van der Waals surface area contributed by atoms with Gasteiger partial charge in [0.15, 0.2) is 0 Å². The summed E-state index contributed by atoms with van der Waals surface area (Å²) in [7, 11) is 0. The van der Waals surface area contributed by atoms with E-state index in [1.807, 2.05) is 0 Å². The third-order valence-electron chi connectivity index (χ3n) is 1.83. The Kier molecular flexibility index (Phi) is 3.35. The van der Waals surface area contributed by atoms with Crippen LogP contribution >= 0.6 is 23.4 Å². The van der Waals surface area contributed by atoms with Gasteiger partial charge in [0.2, 0.25) is 5.89 Å². The Balaban J connectivity index is 2.19. The molecule has 0 aliphatic carbocycles. The lowest BCUT2D eigenvalue weighted by Crippen LogP contribution is -2.08. The quantitative estimate of drug-likeness (QED) is 0.798. The fourth-order valence-electron chi connectivity index (χ4n) is 1.11. The van der Waals surface area contributed by atoms with Crippen molar-refractivity contribution in [3.05, 3.63) is 41.1 Å². The molecule has 1 aromatic carbocycles. The number of aromatic nitrogens is 2. The van der Waals surface area contributed by atoms with E-state index in [-0.39, 0.29) is 5.89 Å². The fourth-order valence-corrected chi connectivity index (χ4v) is 1.97. The van der Waals surface area contributed by atoms with Crippen LogP contribution < -0.4 is 0 Å². The van der Waals surface area contributed by atoms with Crippen molar-refractivity contribution in [3.63, 3.8) is 0 Å². The van der Waals surface area contributed by atoms with E-state index in [1.165, 1.54) is 19.1 Å². The number of nitrogens with zero attached hydrogens (tertiary/aromatic N) is 2. The molecule has 2 rings (SSSR count). The Morgan fingerprint density at radius 3 is 2.41 bits per heavy atom. The molecule has 17 heavy (non-hydrogen) atoms. The van der Waals surface area contributed by atoms with Gasteiger partial charge in [0.1, 0.15) is 0 Å². The smallest absolute Gasteiger partial charge is 0.374 e. The van der Waals surface area contributed by atoms with Gasteiger partial charge in [-0.15, -0.1) is 10.2 Å². The molecule has 0 bridgehead atoms. The number of rotatable bonds is 3. The molecule has 0 unspecified atom stereocenters. The van der Waals surface area contributed by atoms with Gasteiger partial charge in [0, 0.05) is 16.8 Å². The second kappa shape index (κ2) is 4.62. The van der Waals surface area contributed by atoms with Crippen LogP contribution in [0.15, 0.2) is 33.6 Å². The van der Waals surface area contributed by atoms with Gasteiger partial charge in [-0.3, -0.25) is 0 Å². The van der Waals surface area contributed by atoms with Crippen LogP contribution in [0, 0.1) is 6.92 Å². The maximum absolute atomic E-state index is 13.7. The summed E-state index contributed by atoms with van der Waals surface area (Å²) in [4.78, 5) is 0.371. The lowest BCUT2D eigenvalue weighted by atomic mass is 10.4. The summed E-state index contributed by atoms with van der Waals surface area (Å²) >= 11 is 6.00. The number of benzene rings is 1. The van der Waals surface area contributed by atoms with Crippen LogP contribution in [0.2, 0.25) is 5.02 Å². The Bertz CT molecular complexity index is 515. The summed E-state index contributed by atoms with van der Waals surface area (Å²) in [5.74, 6) is -0.591. The van der Waals surface area contributed by atoms with Gasteiger partial charge in [0.05, 0.1) is 0 Å². The van der Waals surface area contributed by atoms with Crippen molar-refractivity contribution in [3.8, 4) is 0 Å². The third-order valence-corrected chi connectivity index (χ3v) is 3.03. The molecule has 90 valence electrons. The summed E-state index contributed by atoms with van der Waals surface area (Å²) < 4.78 is 32.1. The van der Waals surface area contributed by atoms with E-state index in [4.69, 9.17) is 16.0 Å². The highest BCUT2D eigenvalue weighted by molar-refractivity contribution is 7.99. The van der Waals surface area contributed by atoms with E-state index in [0.29, 0.717) is 21.7 Å². The number of hydrogen-bond donors (Lipinski definition) is 0. The second-order valence-corrected chi connectivity index (χ2v) is 4.82. The lowest BCUT2D eigenvalue weighted by Gasteiger charge is -2.10. The molecule has 0 N–H and O–H groups in total. The van der Waals surface area contributed by atoms with Crippen LogP contribution in [-0.4, -0.2) is 10.2 Å². The maximum atomic E-state index is 13.7. The van der Waals surface area contributed by atoms with Gasteiger partial charge in [-0.25, -0.2) is 0 Å². The number of thioether (sulfide) groups is 1. The predicted molar refractivity (Wildman–Crippen MR) is 60.2 cm³/mol. The molecule has 7 heteroatoms. The van der Waals surface area contributed by atoms with Crippen molar-refractivity contribution in [1.29, 1.82) is 0 Å². The molecule has 1 heterocycles. The van der Waals surface area contributed by atoms with Gasteiger partial charge >= 0.3 is 5.25 Å². The molecule has 0 aliphatic heterocycles. The lowest BCUT2D eigenvalue weighted by molar-refractivity contribution is 0.0705. The highest BCUT2D eigenvalue weighted by atomic mass is 35.5. The van der Waals surface area contributed by atoms with E-state index in [0.717, 1.165) is 0 Å². The Hall–Kier alpha value is -1.14. The zero-order valence-electron chi connectivity index (χ0n) is 8.65. The van der Waals surface area contributed by atoms with E-state index in [9.17, 15) is 8.78 Å². The predicted octanol–water partition coefficient (Wildman–Crippen LogP) is 3.87. The largest absolute Gasteiger partial charge is 0.419 e. The van der Waals surface area contributed by atoms with Gasteiger partial charge in [0.25, 0.3) is 5.89 Å². The maximum Gasteiger partial charge on any atom is 0.374 e. The molecule has 0 saturated carbocycles. The monoisotopic (exact) mass is 276 g/mol. The average molecular weight is 277 g/mol. The summed E-state index contributed by atoms with van der Waals surface area (Å²) in [5, 5.41) is 3.93. The molecule has 0 amide bonds. The number of hydrogen-bond acceptors (Lipinski definition) is 4. The highest BCUT2D eigenvalue weighted by Gasteiger charge is 2.39. The first-order valence-corrected chi connectivity index (χ1v) is 5.80. The third kappa shape index (κ3) is 2.95. The molecule has 0 saturated heterocycles. The van der Waals surface area contributed by atoms with Crippen LogP contribution in [-0.2, 0) is 5.25 Å². The van der Waals surface area contributed by atoms with E-state index >= 15 is 0 Å². The number of alkyl halides is 2. The summed E-state index contributed by atoms with van der Waals surface area (Å²) in [6.07, 6.45) is 0. The molecule has 2 aromatic rings. The first-order valence-electron chi connectivity index (χ1n) is 4.60. The minimum atomic E-state index is -3.25. The SMILES string of the molecule is Cc1nnc(C(F)(F)Sc2ccc(Cl)cc2)o1. The van der Waals surface area contributed by atoms with Gasteiger partial charge < -0.3 is 4.42 Å². The molecule has 0 spiro atoms. The van der Waals surface area contributed by atoms with Crippen molar-refractivity contribution < 1.29 is 13.2 Å². The minimum absolute atomic E-state index is 0.108. The van der Waals surface area contributed by atoms with Crippen molar-refractivity contribution in [2.45, 2.75) is 17.1 Å². The van der Waals surface area contributed by atoms with E-state index in [1.54, 1.807) is 12.1 Å². The average Bonchev–Trinajstić information content (AvgIpc) is 2.69. The van der Waals surface area contributed by atoms with Crippen molar-refractivity contribution in [1.82, 2.24) is 10.2 Å². The second-order valence-electron chi connectivity index (χ2n) is 3.20. The first-order chi connectivity index (χ1) is 7.97.